The number of carbonyl (C=O) groups excluding carboxylic acids is 2. The lowest BCUT2D eigenvalue weighted by Gasteiger charge is -2.18. The van der Waals surface area contributed by atoms with Crippen LogP contribution in [0.4, 0.5) is 0 Å². The van der Waals surface area contributed by atoms with Gasteiger partial charge in [-0.25, -0.2) is 4.57 Å². The van der Waals surface area contributed by atoms with E-state index >= 15 is 0 Å². The molecule has 0 unspecified atom stereocenters. The molecule has 10 nitrogen and oxygen atoms in total. The van der Waals surface area contributed by atoms with Crippen molar-refractivity contribution in [3.63, 3.8) is 0 Å². The van der Waals surface area contributed by atoms with Gasteiger partial charge < -0.3 is 29.5 Å². The molecule has 11 heteroatoms. The fourth-order valence-corrected chi connectivity index (χ4v) is 5.61. The molecule has 0 radical (unpaired) electrons. The fourth-order valence-electron chi connectivity index (χ4n) is 5.25. The van der Waals surface area contributed by atoms with Gasteiger partial charge in [-0.3, -0.25) is 14.1 Å². The highest BCUT2D eigenvalue weighted by Crippen LogP contribution is 2.36. The Balaban J connectivity index is 4.11. The summed E-state index contributed by atoms with van der Waals surface area (Å²) in [4.78, 5) is 42.7. The maximum Gasteiger partial charge on any atom is 0.469 e. The molecular formula is C39H71O10P. The predicted molar refractivity (Wildman–Crippen MR) is 200 cm³/mol. The monoisotopic (exact) mass is 730 g/mol. The largest absolute Gasteiger partial charge is 0.469 e. The Morgan fingerprint density at radius 1 is 0.600 bits per heavy atom. The Morgan fingerprint density at radius 2 is 1.10 bits per heavy atom. The first kappa shape index (κ1) is 48.2. The molecule has 0 aliphatic heterocycles. The number of hydrogen-bond donors (Lipinski definition) is 4. The summed E-state index contributed by atoms with van der Waals surface area (Å²) in [6.45, 7) is 3.45. The number of rotatable bonds is 35. The highest BCUT2D eigenvalue weighted by molar-refractivity contribution is 7.46. The van der Waals surface area contributed by atoms with Crippen molar-refractivity contribution in [1.82, 2.24) is 0 Å². The zero-order valence-electron chi connectivity index (χ0n) is 31.3. The normalized spacial score (nSPS) is 14.1. The van der Waals surface area contributed by atoms with Crippen molar-refractivity contribution in [2.24, 2.45) is 0 Å². The number of ether oxygens (including phenoxy) is 2. The third-order valence-corrected chi connectivity index (χ3v) is 8.82. The summed E-state index contributed by atoms with van der Waals surface area (Å²) in [6, 6.07) is 0. The van der Waals surface area contributed by atoms with Gasteiger partial charge in [-0.15, -0.1) is 0 Å². The van der Waals surface area contributed by atoms with Crippen molar-refractivity contribution in [1.29, 1.82) is 0 Å². The summed E-state index contributed by atoms with van der Waals surface area (Å²) in [5.74, 6) is -1.01. The van der Waals surface area contributed by atoms with E-state index in [4.69, 9.17) is 19.3 Å². The molecule has 0 aromatic heterocycles. The van der Waals surface area contributed by atoms with E-state index in [1.165, 1.54) is 32.1 Å². The van der Waals surface area contributed by atoms with Crippen LogP contribution >= 0.6 is 7.82 Å². The lowest BCUT2D eigenvalue weighted by atomic mass is 10.0. The Kier molecular flexibility index (Phi) is 33.0. The number of unbranched alkanes of at least 4 members (excludes halogenated alkanes) is 15. The van der Waals surface area contributed by atoms with Gasteiger partial charge >= 0.3 is 19.8 Å². The fraction of sp³-hybridized carbons (Fsp3) is 0.795. The summed E-state index contributed by atoms with van der Waals surface area (Å²) in [5, 5.41) is 20.3. The van der Waals surface area contributed by atoms with Gasteiger partial charge in [0.1, 0.15) is 6.61 Å². The molecule has 0 aliphatic rings. The van der Waals surface area contributed by atoms with Gasteiger partial charge in [0.05, 0.1) is 18.8 Å². The number of aliphatic hydroxyl groups is 2. The summed E-state index contributed by atoms with van der Waals surface area (Å²) in [5.41, 5.74) is 0. The van der Waals surface area contributed by atoms with E-state index in [9.17, 15) is 24.4 Å². The van der Waals surface area contributed by atoms with E-state index in [0.717, 1.165) is 83.5 Å². The summed E-state index contributed by atoms with van der Waals surface area (Å²) < 4.78 is 26.2. The topological polar surface area (TPSA) is 160 Å². The second kappa shape index (κ2) is 34.3. The molecule has 0 fully saturated rings. The molecular weight excluding hydrogens is 659 g/mol. The number of allylic oxidation sites excluding steroid dienone is 5. The van der Waals surface area contributed by atoms with Crippen LogP contribution in [0.5, 0.6) is 0 Å². The first-order chi connectivity index (χ1) is 24.1. The number of hydrogen-bond acceptors (Lipinski definition) is 8. The van der Waals surface area contributed by atoms with Crippen LogP contribution in [-0.2, 0) is 28.2 Å². The molecule has 50 heavy (non-hydrogen) atoms. The van der Waals surface area contributed by atoms with Crippen molar-refractivity contribution in [3.8, 4) is 0 Å². The number of esters is 2. The Labute approximate surface area is 303 Å². The van der Waals surface area contributed by atoms with E-state index in [-0.39, 0.29) is 19.4 Å². The quantitative estimate of drug-likeness (QED) is 0.0214. The van der Waals surface area contributed by atoms with Crippen LogP contribution in [0.1, 0.15) is 168 Å². The van der Waals surface area contributed by atoms with Crippen molar-refractivity contribution in [2.75, 3.05) is 13.2 Å². The summed E-state index contributed by atoms with van der Waals surface area (Å²) in [6.07, 6.45) is 31.7. The molecule has 4 N–H and O–H groups in total. The molecule has 3 atom stereocenters. The zero-order chi connectivity index (χ0) is 37.1. The predicted octanol–water partition coefficient (Wildman–Crippen LogP) is 9.34. The second-order valence-corrected chi connectivity index (χ2v) is 14.4. The number of aliphatic hydroxyl groups excluding tert-OH is 2. The highest BCUT2D eigenvalue weighted by Gasteiger charge is 2.23. The van der Waals surface area contributed by atoms with E-state index in [2.05, 4.69) is 48.8 Å². The molecule has 0 aliphatic carbocycles. The van der Waals surface area contributed by atoms with E-state index in [0.29, 0.717) is 25.7 Å². The Morgan fingerprint density at radius 3 is 1.68 bits per heavy atom. The van der Waals surface area contributed by atoms with Gasteiger partial charge in [0.25, 0.3) is 0 Å². The van der Waals surface area contributed by atoms with Gasteiger partial charge in [0.2, 0.25) is 0 Å². The smallest absolute Gasteiger partial charge is 0.462 e. The Bertz CT molecular complexity index is 945. The minimum atomic E-state index is -4.79. The number of phosphoric ester groups is 1. The maximum absolute atomic E-state index is 12.4. The van der Waals surface area contributed by atoms with Crippen LogP contribution in [-0.4, -0.2) is 63.5 Å². The van der Waals surface area contributed by atoms with Gasteiger partial charge in [-0.2, -0.15) is 0 Å². The lowest BCUT2D eigenvalue weighted by molar-refractivity contribution is -0.161. The third-order valence-electron chi connectivity index (χ3n) is 8.33. The van der Waals surface area contributed by atoms with Gasteiger partial charge in [0, 0.05) is 12.8 Å². The van der Waals surface area contributed by atoms with Gasteiger partial charge in [-0.05, 0) is 70.6 Å². The van der Waals surface area contributed by atoms with Crippen LogP contribution in [0.15, 0.2) is 36.5 Å². The highest BCUT2D eigenvalue weighted by atomic mass is 31.2. The molecule has 0 aromatic carbocycles. The molecule has 0 heterocycles. The molecule has 0 saturated carbocycles. The molecule has 0 aromatic rings. The average molecular weight is 731 g/mol. The van der Waals surface area contributed by atoms with Crippen molar-refractivity contribution < 1.29 is 48.2 Å². The van der Waals surface area contributed by atoms with Crippen LogP contribution in [0.2, 0.25) is 0 Å². The first-order valence-electron chi connectivity index (χ1n) is 19.4. The van der Waals surface area contributed by atoms with Crippen molar-refractivity contribution in [3.05, 3.63) is 36.5 Å². The molecule has 0 rings (SSSR count). The van der Waals surface area contributed by atoms with Gasteiger partial charge in [-0.1, -0.05) is 121 Å². The zero-order valence-corrected chi connectivity index (χ0v) is 32.2. The lowest BCUT2D eigenvalue weighted by Crippen LogP contribution is -2.29. The SMILES string of the molecule is CCCCC/C=C\C/C=C\CCCCCCCC(=O)OC[C@H](COP(=O)(O)O)OC(=O)CCCCCCC[C@H](O)[C@@H](O)C/C=C\CCCCC. The third kappa shape index (κ3) is 34.6. The van der Waals surface area contributed by atoms with Crippen LogP contribution < -0.4 is 0 Å². The van der Waals surface area contributed by atoms with Crippen LogP contribution in [0.25, 0.3) is 0 Å². The van der Waals surface area contributed by atoms with Crippen LogP contribution in [0, 0.1) is 0 Å². The van der Waals surface area contributed by atoms with E-state index in [1.807, 2.05) is 6.08 Å². The Hall–Kier alpha value is -1.81. The minimum Gasteiger partial charge on any atom is -0.462 e. The van der Waals surface area contributed by atoms with Gasteiger partial charge in [0.15, 0.2) is 6.10 Å². The standard InChI is InChI=1S/C39H71O10P/c1-3-5-7-9-11-12-13-14-15-16-17-18-19-23-27-31-38(42)47-33-35(34-48-50(44,45)46)49-39(43)32-28-24-20-22-26-30-37(41)36(40)29-25-21-10-8-6-4-2/h11-12,14-15,21,25,35-37,40-41H,3-10,13,16-20,22-24,26-34H2,1-2H3,(H2,44,45,46)/b12-11-,15-14-,25-21-/t35-,36+,37+/m1/s1. The molecule has 292 valence electrons. The molecule has 0 bridgehead atoms. The van der Waals surface area contributed by atoms with Crippen LogP contribution in [0.3, 0.4) is 0 Å². The molecule has 0 saturated heterocycles. The summed E-state index contributed by atoms with van der Waals surface area (Å²) >= 11 is 0. The van der Waals surface area contributed by atoms with E-state index in [1.54, 1.807) is 0 Å². The second-order valence-electron chi connectivity index (χ2n) is 13.2. The number of carbonyl (C=O) groups is 2. The van der Waals surface area contributed by atoms with Crippen molar-refractivity contribution >= 4 is 19.8 Å². The summed E-state index contributed by atoms with van der Waals surface area (Å²) in [7, 11) is -4.79. The maximum atomic E-state index is 12.4. The molecule has 0 amide bonds. The minimum absolute atomic E-state index is 0.109. The molecule has 0 spiro atoms. The number of phosphoric acid groups is 1. The first-order valence-corrected chi connectivity index (χ1v) is 21.0. The average Bonchev–Trinajstić information content (AvgIpc) is 3.08. The van der Waals surface area contributed by atoms with E-state index < -0.39 is 44.7 Å². The van der Waals surface area contributed by atoms with Crippen molar-refractivity contribution in [2.45, 2.75) is 186 Å².